The highest BCUT2D eigenvalue weighted by Gasteiger charge is 2.16. The van der Waals surface area contributed by atoms with Crippen molar-refractivity contribution in [1.82, 2.24) is 0 Å². The molecule has 0 amide bonds. The van der Waals surface area contributed by atoms with Gasteiger partial charge in [-0.25, -0.2) is 0 Å². The smallest absolute Gasteiger partial charge is 0.306 e. The van der Waals surface area contributed by atoms with Gasteiger partial charge in [-0.15, -0.1) is 0 Å². The fraction of sp³-hybridized carbons (Fsp3) is 0.910. The lowest BCUT2D eigenvalue weighted by Crippen LogP contribution is -2.28. The summed E-state index contributed by atoms with van der Waals surface area (Å²) in [6.07, 6.45) is 116. The minimum atomic E-state index is -0.769. The number of rotatable bonds is 83. The molecule has 0 aromatic rings. The number of esters is 2. The minimum Gasteiger partial charge on any atom is -0.462 e. The summed E-state index contributed by atoms with van der Waals surface area (Å²) in [6, 6.07) is 0. The first-order chi connectivity index (χ1) is 46.6. The number of aliphatic hydroxyl groups excluding tert-OH is 1. The van der Waals surface area contributed by atoms with Crippen molar-refractivity contribution in [3.63, 3.8) is 0 Å². The van der Waals surface area contributed by atoms with Crippen LogP contribution in [0, 0.1) is 0 Å². The zero-order valence-corrected chi connectivity index (χ0v) is 64.3. The predicted octanol–water partition coefficient (Wildman–Crippen LogP) is 30.8. The molecule has 556 valence electrons. The molecule has 0 bridgehead atoms. The molecule has 0 aliphatic heterocycles. The van der Waals surface area contributed by atoms with E-state index in [0.29, 0.717) is 12.8 Å². The molecule has 0 aliphatic rings. The molecule has 0 aromatic heterocycles. The maximum Gasteiger partial charge on any atom is 0.306 e. The molecular weight excluding hydrogens is 1150 g/mol. The van der Waals surface area contributed by atoms with Gasteiger partial charge in [0, 0.05) is 12.8 Å². The van der Waals surface area contributed by atoms with Gasteiger partial charge in [0.1, 0.15) is 6.61 Å². The van der Waals surface area contributed by atoms with Gasteiger partial charge in [-0.3, -0.25) is 9.59 Å². The van der Waals surface area contributed by atoms with E-state index in [2.05, 4.69) is 50.3 Å². The minimum absolute atomic E-state index is 0.0573. The average molecular weight is 1320 g/mol. The van der Waals surface area contributed by atoms with Gasteiger partial charge in [-0.05, 0) is 70.6 Å². The number of hydrogen-bond donors (Lipinski definition) is 1. The van der Waals surface area contributed by atoms with E-state index >= 15 is 0 Å². The van der Waals surface area contributed by atoms with Crippen LogP contribution in [-0.2, 0) is 19.1 Å². The van der Waals surface area contributed by atoms with Crippen LogP contribution < -0.4 is 0 Å². The summed E-state index contributed by atoms with van der Waals surface area (Å²) < 4.78 is 10.8. The molecule has 0 aliphatic carbocycles. The molecule has 0 aromatic carbocycles. The zero-order valence-electron chi connectivity index (χ0n) is 64.3. The number of hydrogen-bond acceptors (Lipinski definition) is 5. The van der Waals surface area contributed by atoms with Gasteiger partial charge in [0.2, 0.25) is 0 Å². The van der Waals surface area contributed by atoms with E-state index in [9.17, 15) is 14.7 Å². The van der Waals surface area contributed by atoms with Crippen molar-refractivity contribution in [3.8, 4) is 0 Å². The summed E-state index contributed by atoms with van der Waals surface area (Å²) in [6.45, 7) is 4.21. The van der Waals surface area contributed by atoms with Crippen LogP contribution in [0.5, 0.6) is 0 Å². The highest BCUT2D eigenvalue weighted by molar-refractivity contribution is 5.70. The molecule has 0 heterocycles. The molecule has 1 unspecified atom stereocenters. The van der Waals surface area contributed by atoms with E-state index < -0.39 is 6.10 Å². The van der Waals surface area contributed by atoms with Crippen LogP contribution in [0.2, 0.25) is 0 Å². The van der Waals surface area contributed by atoms with E-state index in [0.717, 1.165) is 38.5 Å². The first-order valence-electron chi connectivity index (χ1n) is 43.5. The summed E-state index contributed by atoms with van der Waals surface area (Å²) in [7, 11) is 0. The van der Waals surface area contributed by atoms with Crippen LogP contribution in [-0.4, -0.2) is 36.4 Å². The van der Waals surface area contributed by atoms with E-state index in [-0.39, 0.29) is 25.2 Å². The number of aliphatic hydroxyl groups is 1. The van der Waals surface area contributed by atoms with Crippen molar-refractivity contribution >= 4 is 11.9 Å². The van der Waals surface area contributed by atoms with Crippen LogP contribution in [0.3, 0.4) is 0 Å². The summed E-state index contributed by atoms with van der Waals surface area (Å²) >= 11 is 0. The van der Waals surface area contributed by atoms with Crippen LogP contribution in [0.15, 0.2) is 36.5 Å². The molecule has 0 fully saturated rings. The Morgan fingerprint density at radius 3 is 0.638 bits per heavy atom. The van der Waals surface area contributed by atoms with Gasteiger partial charge >= 0.3 is 11.9 Å². The Morgan fingerprint density at radius 1 is 0.245 bits per heavy atom. The fourth-order valence-corrected chi connectivity index (χ4v) is 13.9. The van der Waals surface area contributed by atoms with E-state index in [4.69, 9.17) is 9.47 Å². The van der Waals surface area contributed by atoms with Gasteiger partial charge < -0.3 is 14.6 Å². The Bertz CT molecular complexity index is 1500. The van der Waals surface area contributed by atoms with Crippen molar-refractivity contribution in [2.24, 2.45) is 0 Å². The molecule has 94 heavy (non-hydrogen) atoms. The standard InChI is InChI=1S/C89H170O5/c1-3-5-7-9-11-13-15-17-19-21-23-25-27-29-31-33-35-37-39-41-43-44-46-48-50-52-54-56-58-60-62-64-66-68-70-72-74-76-78-80-82-84-89(92)94-87(85-90)86-93-88(91)83-81-79-77-75-73-71-69-67-65-63-61-59-57-55-53-51-49-47-45-42-40-38-36-34-32-30-28-26-24-22-20-18-16-14-12-10-8-6-4-2/h15,17,21-24,87,90H,3-14,16,18-20,25-86H2,1-2H3/b17-15-,23-21-,24-22-. The normalized spacial score (nSPS) is 12.2. The predicted molar refractivity (Wildman–Crippen MR) is 418 cm³/mol. The molecule has 0 saturated heterocycles. The Hall–Kier alpha value is -1.88. The summed E-state index contributed by atoms with van der Waals surface area (Å²) in [4.78, 5) is 24.8. The van der Waals surface area contributed by atoms with Crippen molar-refractivity contribution in [2.45, 2.75) is 508 Å². The Balaban J connectivity index is 3.33. The molecule has 1 N–H and O–H groups in total. The van der Waals surface area contributed by atoms with Gasteiger partial charge in [-0.1, -0.05) is 455 Å². The van der Waals surface area contributed by atoms with Gasteiger partial charge in [-0.2, -0.15) is 0 Å². The Morgan fingerprint density at radius 2 is 0.426 bits per heavy atom. The fourth-order valence-electron chi connectivity index (χ4n) is 13.9. The summed E-state index contributed by atoms with van der Waals surface area (Å²) in [5, 5.41) is 9.74. The number of ether oxygens (including phenoxy) is 2. The quantitative estimate of drug-likeness (QED) is 0.0373. The molecule has 0 saturated carbocycles. The van der Waals surface area contributed by atoms with E-state index in [1.54, 1.807) is 0 Å². The monoisotopic (exact) mass is 1320 g/mol. The number of carbonyl (C=O) groups excluding carboxylic acids is 2. The second kappa shape index (κ2) is 85.3. The molecule has 5 nitrogen and oxygen atoms in total. The van der Waals surface area contributed by atoms with Crippen molar-refractivity contribution in [3.05, 3.63) is 36.5 Å². The third-order valence-corrected chi connectivity index (χ3v) is 20.4. The van der Waals surface area contributed by atoms with Crippen molar-refractivity contribution in [1.29, 1.82) is 0 Å². The molecule has 0 radical (unpaired) electrons. The molecule has 5 heteroatoms. The third-order valence-electron chi connectivity index (χ3n) is 20.4. The molecule has 0 spiro atoms. The lowest BCUT2D eigenvalue weighted by atomic mass is 10.0. The van der Waals surface area contributed by atoms with Crippen LogP contribution in [0.25, 0.3) is 0 Å². The van der Waals surface area contributed by atoms with E-state index in [1.165, 1.54) is 437 Å². The van der Waals surface area contributed by atoms with Gasteiger partial charge in [0.05, 0.1) is 6.61 Å². The SMILES string of the molecule is CCCCCCC/C=C\C/C=C\CCCCCCCCCCCCCCCCCCCCCCCCCCCCCCCC(=O)OC(CO)COC(=O)CCCCCCCCCCCCCCCCCCCCCCCCCCCCC/C=C\CCCCCCCCCC. The Labute approximate surface area is 590 Å². The summed E-state index contributed by atoms with van der Waals surface area (Å²) in [5.41, 5.74) is 0. The van der Waals surface area contributed by atoms with Gasteiger partial charge in [0.15, 0.2) is 6.10 Å². The number of carbonyl (C=O) groups is 2. The Kier molecular flexibility index (Phi) is 83.6. The van der Waals surface area contributed by atoms with Gasteiger partial charge in [0.25, 0.3) is 0 Å². The van der Waals surface area contributed by atoms with Crippen molar-refractivity contribution in [2.75, 3.05) is 13.2 Å². The maximum atomic E-state index is 12.4. The molecule has 0 rings (SSSR count). The summed E-state index contributed by atoms with van der Waals surface area (Å²) in [5.74, 6) is -0.558. The zero-order chi connectivity index (χ0) is 67.5. The second-order valence-corrected chi connectivity index (χ2v) is 30.0. The third kappa shape index (κ3) is 82.5. The van der Waals surface area contributed by atoms with E-state index in [1.807, 2.05) is 0 Å². The van der Waals surface area contributed by atoms with Crippen LogP contribution in [0.1, 0.15) is 502 Å². The maximum absolute atomic E-state index is 12.4. The first kappa shape index (κ1) is 92.1. The number of unbranched alkanes of at least 4 members (excludes halogenated alkanes) is 69. The first-order valence-corrected chi connectivity index (χ1v) is 43.5. The highest BCUT2D eigenvalue weighted by atomic mass is 16.6. The lowest BCUT2D eigenvalue weighted by molar-refractivity contribution is -0.161. The number of allylic oxidation sites excluding steroid dienone is 6. The largest absolute Gasteiger partial charge is 0.462 e. The van der Waals surface area contributed by atoms with Crippen molar-refractivity contribution < 1.29 is 24.2 Å². The second-order valence-electron chi connectivity index (χ2n) is 30.0. The average Bonchev–Trinajstić information content (AvgIpc) is 3.77. The highest BCUT2D eigenvalue weighted by Crippen LogP contribution is 2.21. The van der Waals surface area contributed by atoms with Crippen LogP contribution >= 0.6 is 0 Å². The topological polar surface area (TPSA) is 72.8 Å². The lowest BCUT2D eigenvalue weighted by Gasteiger charge is -2.15. The van der Waals surface area contributed by atoms with Crippen LogP contribution in [0.4, 0.5) is 0 Å². The molecule has 1 atom stereocenters. The molecular formula is C89H170O5.